The Morgan fingerprint density at radius 3 is 2.62 bits per heavy atom. The molecule has 1 aliphatic rings. The molecular formula is C28H34N6O3. The van der Waals surface area contributed by atoms with Crippen molar-refractivity contribution in [2.45, 2.75) is 72.6 Å². The van der Waals surface area contributed by atoms with Crippen LogP contribution < -0.4 is 15.0 Å². The largest absolute Gasteiger partial charge is 0.454 e. The Morgan fingerprint density at radius 2 is 1.86 bits per heavy atom. The highest BCUT2D eigenvalue weighted by Gasteiger charge is 2.30. The minimum atomic E-state index is -0.286. The summed E-state index contributed by atoms with van der Waals surface area (Å²) in [7, 11) is 0. The fraction of sp³-hybridized carbons (Fsp3) is 0.429. The van der Waals surface area contributed by atoms with E-state index < -0.39 is 0 Å². The van der Waals surface area contributed by atoms with Crippen molar-refractivity contribution in [3.05, 3.63) is 74.8 Å². The van der Waals surface area contributed by atoms with Gasteiger partial charge in [0.2, 0.25) is 6.79 Å². The molecule has 3 heterocycles. The first-order valence-electron chi connectivity index (χ1n) is 12.7. The number of aryl methyl sites for hydroxylation is 2. The Balaban J connectivity index is 1.57. The third-order valence-corrected chi connectivity index (χ3v) is 6.84. The summed E-state index contributed by atoms with van der Waals surface area (Å²) in [6, 6.07) is 12.0. The summed E-state index contributed by atoms with van der Waals surface area (Å²) >= 11 is 0. The summed E-state index contributed by atoms with van der Waals surface area (Å²) in [6.45, 7) is 13.7. The number of hydrogen-bond donors (Lipinski definition) is 1. The number of nitrogens with zero attached hydrogens (tertiary/aromatic N) is 5. The van der Waals surface area contributed by atoms with E-state index in [1.807, 2.05) is 41.9 Å². The number of ether oxygens (including phenoxy) is 2. The number of hydrogen-bond acceptors (Lipinski definition) is 7. The Morgan fingerprint density at radius 1 is 1.08 bits per heavy atom. The van der Waals surface area contributed by atoms with Crippen molar-refractivity contribution in [2.24, 2.45) is 0 Å². The summed E-state index contributed by atoms with van der Waals surface area (Å²) in [5, 5.41) is 13.8. The van der Waals surface area contributed by atoms with Crippen LogP contribution in [0.1, 0.15) is 68.2 Å². The van der Waals surface area contributed by atoms with E-state index in [-0.39, 0.29) is 23.9 Å². The standard InChI is InChI=1S/C28H34N6O3/c1-7-23(26-30-31-32-34(26)28(4,5)6)33(14-19-8-9-24-25(12-19)37-16-36-24)15-20-13-21-18(3)10-17(2)11-22(21)29-27(20)35/h8-13,23H,7,14-16H2,1-6H3,(H,29,35). The van der Waals surface area contributed by atoms with Gasteiger partial charge in [-0.15, -0.1) is 5.10 Å². The zero-order valence-electron chi connectivity index (χ0n) is 22.3. The van der Waals surface area contributed by atoms with Crippen molar-refractivity contribution in [3.63, 3.8) is 0 Å². The van der Waals surface area contributed by atoms with E-state index in [4.69, 9.17) is 9.47 Å². The van der Waals surface area contributed by atoms with Gasteiger partial charge in [0.05, 0.1) is 11.6 Å². The molecule has 4 aromatic rings. The summed E-state index contributed by atoms with van der Waals surface area (Å²) in [6.07, 6.45) is 0.769. The predicted octanol–water partition coefficient (Wildman–Crippen LogP) is 4.77. The van der Waals surface area contributed by atoms with Crippen molar-refractivity contribution in [2.75, 3.05) is 6.79 Å². The fourth-order valence-corrected chi connectivity index (χ4v) is 5.09. The maximum absolute atomic E-state index is 13.3. The van der Waals surface area contributed by atoms with Crippen LogP contribution in [0.4, 0.5) is 0 Å². The second-order valence-corrected chi connectivity index (χ2v) is 10.8. The number of pyridine rings is 1. The first-order chi connectivity index (χ1) is 17.6. The average Bonchev–Trinajstić information content (AvgIpc) is 3.50. The monoisotopic (exact) mass is 502 g/mol. The average molecular weight is 503 g/mol. The van der Waals surface area contributed by atoms with Crippen molar-refractivity contribution in [1.29, 1.82) is 0 Å². The summed E-state index contributed by atoms with van der Waals surface area (Å²) in [5.74, 6) is 2.26. The molecule has 0 amide bonds. The predicted molar refractivity (Wildman–Crippen MR) is 142 cm³/mol. The SMILES string of the molecule is CCC(c1nnnn1C(C)(C)C)N(Cc1ccc2c(c1)OCO2)Cc1cc2c(C)cc(C)cc2[nH]c1=O. The van der Waals surface area contributed by atoms with Crippen LogP contribution in [0.25, 0.3) is 10.9 Å². The van der Waals surface area contributed by atoms with Crippen LogP contribution in [-0.4, -0.2) is 36.9 Å². The molecule has 1 atom stereocenters. The molecule has 0 aliphatic carbocycles. The second kappa shape index (κ2) is 9.63. The van der Waals surface area contributed by atoms with Crippen molar-refractivity contribution in [3.8, 4) is 11.5 Å². The molecule has 194 valence electrons. The molecule has 0 saturated carbocycles. The van der Waals surface area contributed by atoms with E-state index in [1.165, 1.54) is 0 Å². The Kier molecular flexibility index (Phi) is 6.49. The lowest BCUT2D eigenvalue weighted by molar-refractivity contribution is 0.153. The highest BCUT2D eigenvalue weighted by atomic mass is 16.7. The van der Waals surface area contributed by atoms with E-state index in [0.717, 1.165) is 51.3 Å². The number of fused-ring (bicyclic) bond motifs is 2. The van der Waals surface area contributed by atoms with E-state index in [1.54, 1.807) is 0 Å². The highest BCUT2D eigenvalue weighted by molar-refractivity contribution is 5.83. The smallest absolute Gasteiger partial charge is 0.252 e. The van der Waals surface area contributed by atoms with Gasteiger partial charge in [-0.1, -0.05) is 19.1 Å². The van der Waals surface area contributed by atoms with Gasteiger partial charge < -0.3 is 14.5 Å². The molecule has 1 aliphatic heterocycles. The molecule has 0 spiro atoms. The Hall–Kier alpha value is -3.72. The Bertz CT molecular complexity index is 1500. The first kappa shape index (κ1) is 25.0. The molecule has 0 fully saturated rings. The number of tetrazole rings is 1. The van der Waals surface area contributed by atoms with Crippen LogP contribution in [-0.2, 0) is 18.6 Å². The molecule has 2 aromatic heterocycles. The minimum Gasteiger partial charge on any atom is -0.454 e. The van der Waals surface area contributed by atoms with Crippen LogP contribution in [0.3, 0.4) is 0 Å². The number of benzene rings is 2. The topological polar surface area (TPSA) is 98.2 Å². The molecule has 1 N–H and O–H groups in total. The first-order valence-corrected chi connectivity index (χ1v) is 12.7. The van der Waals surface area contributed by atoms with Gasteiger partial charge in [0.1, 0.15) is 0 Å². The lowest BCUT2D eigenvalue weighted by Crippen LogP contribution is -2.35. The lowest BCUT2D eigenvalue weighted by Gasteiger charge is -2.32. The number of H-pyrrole nitrogens is 1. The van der Waals surface area contributed by atoms with E-state index in [9.17, 15) is 4.79 Å². The van der Waals surface area contributed by atoms with Crippen molar-refractivity contribution >= 4 is 10.9 Å². The molecular weight excluding hydrogens is 468 g/mol. The number of aromatic amines is 1. The molecule has 9 nitrogen and oxygen atoms in total. The zero-order chi connectivity index (χ0) is 26.3. The highest BCUT2D eigenvalue weighted by Crippen LogP contribution is 2.35. The second-order valence-electron chi connectivity index (χ2n) is 10.8. The number of nitrogens with one attached hydrogen (secondary N) is 1. The zero-order valence-corrected chi connectivity index (χ0v) is 22.3. The number of aromatic nitrogens is 5. The maximum atomic E-state index is 13.3. The van der Waals surface area contributed by atoms with Gasteiger partial charge in [-0.05, 0) is 92.4 Å². The van der Waals surface area contributed by atoms with E-state index in [0.29, 0.717) is 18.7 Å². The summed E-state index contributed by atoms with van der Waals surface area (Å²) in [4.78, 5) is 18.6. The van der Waals surface area contributed by atoms with Crippen LogP contribution >= 0.6 is 0 Å². The van der Waals surface area contributed by atoms with Gasteiger partial charge >= 0.3 is 0 Å². The third kappa shape index (κ3) is 4.96. The lowest BCUT2D eigenvalue weighted by atomic mass is 10.0. The van der Waals surface area contributed by atoms with Gasteiger partial charge in [-0.2, -0.15) is 0 Å². The molecule has 2 aromatic carbocycles. The van der Waals surface area contributed by atoms with Crippen molar-refractivity contribution < 1.29 is 9.47 Å². The van der Waals surface area contributed by atoms with Crippen LogP contribution in [0.2, 0.25) is 0 Å². The Labute approximate surface area is 216 Å². The normalized spacial score (nSPS) is 14.0. The van der Waals surface area contributed by atoms with Crippen molar-refractivity contribution in [1.82, 2.24) is 30.1 Å². The van der Waals surface area contributed by atoms with Gasteiger partial charge in [0, 0.05) is 29.6 Å². The fourth-order valence-electron chi connectivity index (χ4n) is 5.09. The summed E-state index contributed by atoms with van der Waals surface area (Å²) in [5.41, 5.74) is 4.51. The van der Waals surface area contributed by atoms with Gasteiger partial charge in [0.15, 0.2) is 17.3 Å². The van der Waals surface area contributed by atoms with E-state index >= 15 is 0 Å². The van der Waals surface area contributed by atoms with Crippen LogP contribution in [0.15, 0.2) is 41.2 Å². The van der Waals surface area contributed by atoms with Gasteiger partial charge in [0.25, 0.3) is 5.56 Å². The third-order valence-electron chi connectivity index (χ3n) is 6.84. The quantitative estimate of drug-likeness (QED) is 0.389. The molecule has 37 heavy (non-hydrogen) atoms. The maximum Gasteiger partial charge on any atom is 0.252 e. The van der Waals surface area contributed by atoms with Gasteiger partial charge in [-0.3, -0.25) is 9.69 Å². The molecule has 9 heteroatoms. The molecule has 0 bridgehead atoms. The molecule has 0 radical (unpaired) electrons. The van der Waals surface area contributed by atoms with Gasteiger partial charge in [-0.25, -0.2) is 4.68 Å². The molecule has 0 saturated heterocycles. The van der Waals surface area contributed by atoms with E-state index in [2.05, 4.69) is 66.1 Å². The van der Waals surface area contributed by atoms with Crippen LogP contribution in [0.5, 0.6) is 11.5 Å². The number of rotatable bonds is 7. The molecule has 1 unspecified atom stereocenters. The molecule has 5 rings (SSSR count). The summed E-state index contributed by atoms with van der Waals surface area (Å²) < 4.78 is 13.0. The minimum absolute atomic E-state index is 0.0848. The van der Waals surface area contributed by atoms with Crippen LogP contribution in [0, 0.1) is 13.8 Å².